The third-order valence-electron chi connectivity index (χ3n) is 4.40. The number of benzene rings is 2. The van der Waals surface area contributed by atoms with E-state index in [9.17, 15) is 48.0 Å². The fourth-order valence-electron chi connectivity index (χ4n) is 3.05. The molecule has 0 spiro atoms. The van der Waals surface area contributed by atoms with E-state index >= 15 is 0 Å². The van der Waals surface area contributed by atoms with Gasteiger partial charge in [0.2, 0.25) is 11.8 Å². The molecule has 2 heterocycles. The summed E-state index contributed by atoms with van der Waals surface area (Å²) in [6.07, 6.45) is 1.17. The molecule has 0 aliphatic rings. The molecular formula is C16H6F6N2O7S2. The molecule has 0 saturated carbocycles. The van der Waals surface area contributed by atoms with Crippen LogP contribution in [0.2, 0.25) is 0 Å². The van der Waals surface area contributed by atoms with Gasteiger partial charge in [-0.1, -0.05) is 6.07 Å². The lowest BCUT2D eigenvalue weighted by Crippen LogP contribution is -2.29. The van der Waals surface area contributed by atoms with E-state index in [0.717, 1.165) is 18.2 Å². The number of H-pyrrole nitrogens is 1. The highest BCUT2D eigenvalue weighted by Crippen LogP contribution is 2.42. The summed E-state index contributed by atoms with van der Waals surface area (Å²) in [5.74, 6) is -2.83. The van der Waals surface area contributed by atoms with Gasteiger partial charge in [0.15, 0.2) is 0 Å². The summed E-state index contributed by atoms with van der Waals surface area (Å²) in [7, 11) is -12.7. The van der Waals surface area contributed by atoms with Crippen molar-refractivity contribution >= 4 is 52.6 Å². The van der Waals surface area contributed by atoms with E-state index in [4.69, 9.17) is 0 Å². The summed E-state index contributed by atoms with van der Waals surface area (Å²) < 4.78 is 131. The van der Waals surface area contributed by atoms with Gasteiger partial charge in [-0.3, -0.25) is 4.79 Å². The Labute approximate surface area is 178 Å². The minimum absolute atomic E-state index is 0.0420. The molecule has 0 radical (unpaired) electrons. The Balaban J connectivity index is 2.14. The molecule has 0 aliphatic heterocycles. The smallest absolute Gasteiger partial charge is 0.354 e. The highest BCUT2D eigenvalue weighted by Gasteiger charge is 2.50. The Kier molecular flexibility index (Phi) is 4.73. The number of hydrogen-bond acceptors (Lipinski definition) is 8. The van der Waals surface area contributed by atoms with Crippen LogP contribution in [0.25, 0.3) is 32.3 Å². The van der Waals surface area contributed by atoms with E-state index < -0.39 is 59.3 Å². The zero-order valence-corrected chi connectivity index (χ0v) is 16.9. The fourth-order valence-corrected chi connectivity index (χ4v) is 3.91. The lowest BCUT2D eigenvalue weighted by molar-refractivity contribution is -0.0502. The lowest BCUT2D eigenvalue weighted by Gasteiger charge is -2.17. The van der Waals surface area contributed by atoms with Crippen LogP contribution < -0.4 is 13.9 Å². The summed E-state index contributed by atoms with van der Waals surface area (Å²) in [6, 6.07) is 4.29. The summed E-state index contributed by atoms with van der Waals surface area (Å²) in [5.41, 5.74) is -12.6. The molecule has 2 aromatic carbocycles. The van der Waals surface area contributed by atoms with Gasteiger partial charge in [0, 0.05) is 33.1 Å². The van der Waals surface area contributed by atoms with E-state index in [1.54, 1.807) is 0 Å². The third-order valence-corrected chi connectivity index (χ3v) is 6.29. The molecule has 0 amide bonds. The molecule has 4 rings (SSSR count). The quantitative estimate of drug-likeness (QED) is 0.189. The van der Waals surface area contributed by atoms with E-state index in [-0.39, 0.29) is 21.5 Å². The number of nitrogens with one attached hydrogen (secondary N) is 1. The van der Waals surface area contributed by atoms with Gasteiger partial charge in [-0.15, -0.1) is 0 Å². The number of pyridine rings is 2. The number of halogens is 6. The van der Waals surface area contributed by atoms with Crippen LogP contribution in [-0.2, 0) is 20.2 Å². The third kappa shape index (κ3) is 3.56. The van der Waals surface area contributed by atoms with Gasteiger partial charge in [0.05, 0.1) is 0 Å². The average Bonchev–Trinajstić information content (AvgIpc) is 2.67. The van der Waals surface area contributed by atoms with Crippen LogP contribution in [0.1, 0.15) is 0 Å². The molecule has 17 heteroatoms. The number of aromatic amines is 1. The number of alkyl halides is 6. The number of rotatable bonds is 4. The van der Waals surface area contributed by atoms with Crippen LogP contribution >= 0.6 is 0 Å². The second-order valence-electron chi connectivity index (χ2n) is 6.42. The van der Waals surface area contributed by atoms with E-state index in [0.29, 0.717) is 0 Å². The fraction of sp³-hybridized carbons (Fsp3) is 0.125. The van der Waals surface area contributed by atoms with E-state index in [1.165, 1.54) is 12.3 Å². The topological polar surface area (TPSA) is 132 Å². The van der Waals surface area contributed by atoms with E-state index in [1.807, 2.05) is 0 Å². The molecule has 176 valence electrons. The van der Waals surface area contributed by atoms with Crippen LogP contribution in [0.4, 0.5) is 26.3 Å². The van der Waals surface area contributed by atoms with Crippen LogP contribution in [-0.4, -0.2) is 37.8 Å². The second kappa shape index (κ2) is 6.83. The molecule has 4 aromatic rings. The largest absolute Gasteiger partial charge is 0.534 e. The predicted octanol–water partition coefficient (Wildman–Crippen LogP) is 3.12. The average molecular weight is 516 g/mol. The lowest BCUT2D eigenvalue weighted by atomic mass is 9.97. The molecule has 1 N–H and O–H groups in total. The van der Waals surface area contributed by atoms with Gasteiger partial charge in [0.1, 0.15) is 0 Å². The Morgan fingerprint density at radius 1 is 0.727 bits per heavy atom. The molecule has 33 heavy (non-hydrogen) atoms. The molecule has 0 saturated heterocycles. The van der Waals surface area contributed by atoms with Crippen LogP contribution in [0.15, 0.2) is 35.3 Å². The Morgan fingerprint density at radius 2 is 1.18 bits per heavy atom. The molecule has 9 nitrogen and oxygen atoms in total. The second-order valence-corrected chi connectivity index (χ2v) is 9.49. The zero-order valence-electron chi connectivity index (χ0n) is 15.3. The van der Waals surface area contributed by atoms with Crippen molar-refractivity contribution in [2.45, 2.75) is 11.0 Å². The first-order valence-corrected chi connectivity index (χ1v) is 11.1. The van der Waals surface area contributed by atoms with Gasteiger partial charge in [0.25, 0.3) is 5.56 Å². The first-order valence-electron chi connectivity index (χ1n) is 8.25. The maximum absolute atomic E-state index is 12.8. The van der Waals surface area contributed by atoms with Gasteiger partial charge in [-0.25, -0.2) is 0 Å². The van der Waals surface area contributed by atoms with Crippen molar-refractivity contribution in [3.05, 3.63) is 40.8 Å². The zero-order chi connectivity index (χ0) is 24.6. The van der Waals surface area contributed by atoms with E-state index in [2.05, 4.69) is 18.3 Å². The molecule has 0 atom stereocenters. The number of hydrogen-bond donors (Lipinski definition) is 1. The first-order chi connectivity index (χ1) is 15.0. The molecule has 0 unspecified atom stereocenters. The summed E-state index contributed by atoms with van der Waals surface area (Å²) in [5, 5.41) is -1.17. The summed E-state index contributed by atoms with van der Waals surface area (Å²) >= 11 is 0. The van der Waals surface area contributed by atoms with Gasteiger partial charge in [-0.2, -0.15) is 48.2 Å². The first kappa shape index (κ1) is 22.8. The Morgan fingerprint density at radius 3 is 1.67 bits per heavy atom. The monoisotopic (exact) mass is 516 g/mol. The molecule has 0 bridgehead atoms. The predicted molar refractivity (Wildman–Crippen MR) is 99.8 cm³/mol. The van der Waals surface area contributed by atoms with Crippen molar-refractivity contribution in [1.82, 2.24) is 9.97 Å². The van der Waals surface area contributed by atoms with Gasteiger partial charge in [-0.05, 0) is 23.6 Å². The van der Waals surface area contributed by atoms with Crippen molar-refractivity contribution < 1.29 is 51.5 Å². The maximum atomic E-state index is 12.8. The standard InChI is InChI=1S/C16H6F6N2O7S2/c17-15(18,19)32(26,27)30-13-8-2-1-6-5-23-12(25)7-3-4-9(11(8)10(6)7)14(24-13)31-33(28,29)16(20,21)22/h1-5H,(H,23,25). The summed E-state index contributed by atoms with van der Waals surface area (Å²) in [6.45, 7) is 0. The Hall–Kier alpha value is -3.34. The van der Waals surface area contributed by atoms with Crippen molar-refractivity contribution in [2.24, 2.45) is 0 Å². The maximum Gasteiger partial charge on any atom is 0.534 e. The Bertz CT molecular complexity index is 1630. The molecule has 2 aromatic heterocycles. The minimum atomic E-state index is -6.37. The van der Waals surface area contributed by atoms with Crippen molar-refractivity contribution in [1.29, 1.82) is 0 Å². The summed E-state index contributed by atoms with van der Waals surface area (Å²) in [4.78, 5) is 17.7. The number of nitrogens with zero attached hydrogens (tertiary/aromatic N) is 1. The highest BCUT2D eigenvalue weighted by molar-refractivity contribution is 7.88. The van der Waals surface area contributed by atoms with Crippen LogP contribution in [0, 0.1) is 0 Å². The molecular weight excluding hydrogens is 510 g/mol. The van der Waals surface area contributed by atoms with Gasteiger partial charge < -0.3 is 13.4 Å². The molecule has 0 fully saturated rings. The van der Waals surface area contributed by atoms with Crippen LogP contribution in [0.5, 0.6) is 11.8 Å². The van der Waals surface area contributed by atoms with Crippen LogP contribution in [0.3, 0.4) is 0 Å². The van der Waals surface area contributed by atoms with Gasteiger partial charge >= 0.3 is 31.3 Å². The molecule has 0 aliphatic carbocycles. The van der Waals surface area contributed by atoms with Crippen molar-refractivity contribution in [3.63, 3.8) is 0 Å². The SMILES string of the molecule is O=c1[nH]cc2ccc3c(OS(=O)(=O)C(F)(F)F)nc(OS(=O)(=O)C(F)(F)F)c4ccc1c2c34. The normalized spacial score (nSPS) is 13.8. The number of aromatic nitrogens is 2. The highest BCUT2D eigenvalue weighted by atomic mass is 32.2. The van der Waals surface area contributed by atoms with Crippen molar-refractivity contribution in [3.8, 4) is 11.8 Å². The van der Waals surface area contributed by atoms with Crippen molar-refractivity contribution in [2.75, 3.05) is 0 Å². The minimum Gasteiger partial charge on any atom is -0.354 e.